The zero-order chi connectivity index (χ0) is 13.9. The summed E-state index contributed by atoms with van der Waals surface area (Å²) in [5, 5.41) is 0. The highest BCUT2D eigenvalue weighted by Crippen LogP contribution is 2.34. The average Bonchev–Trinajstić information content (AvgIpc) is 2.50. The predicted octanol–water partition coefficient (Wildman–Crippen LogP) is 7.27. The van der Waals surface area contributed by atoms with Gasteiger partial charge in [-0.1, -0.05) is 116 Å². The van der Waals surface area contributed by atoms with E-state index in [1.54, 1.807) is 25.7 Å². The molecule has 0 saturated heterocycles. The Morgan fingerprint density at radius 1 is 0.250 bits per heavy atom. The van der Waals surface area contributed by atoms with Crippen molar-refractivity contribution in [2.75, 3.05) is 0 Å². The second kappa shape index (κ2) is 10.7. The summed E-state index contributed by atoms with van der Waals surface area (Å²) in [6.07, 6.45) is 27.5. The molecule has 0 N–H and O–H groups in total. The van der Waals surface area contributed by atoms with E-state index in [2.05, 4.69) is 0 Å². The molecule has 2 aliphatic rings. The van der Waals surface area contributed by atoms with E-state index in [-0.39, 0.29) is 0 Å². The first-order valence-corrected chi connectivity index (χ1v) is 9.97. The van der Waals surface area contributed by atoms with Crippen molar-refractivity contribution >= 4 is 0 Å². The van der Waals surface area contributed by atoms with Gasteiger partial charge in [0.15, 0.2) is 0 Å². The minimum atomic E-state index is 1.09. The molecule has 118 valence electrons. The van der Waals surface area contributed by atoms with E-state index in [9.17, 15) is 0 Å². The van der Waals surface area contributed by atoms with Crippen LogP contribution in [0.15, 0.2) is 0 Å². The van der Waals surface area contributed by atoms with Crippen LogP contribution >= 0.6 is 0 Å². The monoisotopic (exact) mass is 278 g/mol. The molecule has 0 aliphatic heterocycles. The zero-order valence-electron chi connectivity index (χ0n) is 13.9. The maximum absolute atomic E-state index is 1.56. The van der Waals surface area contributed by atoms with E-state index in [0.29, 0.717) is 0 Å². The topological polar surface area (TPSA) is 0 Å². The van der Waals surface area contributed by atoms with Crippen LogP contribution in [0, 0.1) is 11.8 Å². The Morgan fingerprint density at radius 3 is 0.700 bits per heavy atom. The lowest BCUT2D eigenvalue weighted by Crippen LogP contribution is -2.16. The lowest BCUT2D eigenvalue weighted by Gasteiger charge is -2.29. The zero-order valence-corrected chi connectivity index (χ0v) is 13.9. The quantitative estimate of drug-likeness (QED) is 0.473. The molecular weight excluding hydrogens is 240 g/mol. The molecule has 0 aromatic rings. The van der Waals surface area contributed by atoms with E-state index in [1.807, 2.05) is 0 Å². The van der Waals surface area contributed by atoms with Crippen molar-refractivity contribution in [3.8, 4) is 0 Å². The standard InChI is InChI=1S/C20H38/c1-3-7-11-15-19(16-12-8-4-1)20-17-13-9-5-2-6-10-14-18-20/h19-20H,1-18H2. The highest BCUT2D eigenvalue weighted by Gasteiger charge is 2.21. The molecule has 0 unspecified atom stereocenters. The van der Waals surface area contributed by atoms with Crippen molar-refractivity contribution in [3.63, 3.8) is 0 Å². The third kappa shape index (κ3) is 6.64. The van der Waals surface area contributed by atoms with Gasteiger partial charge in [-0.25, -0.2) is 0 Å². The van der Waals surface area contributed by atoms with Crippen LogP contribution in [-0.2, 0) is 0 Å². The fourth-order valence-corrected chi connectivity index (χ4v) is 4.63. The molecule has 0 amide bonds. The Hall–Kier alpha value is 0. The van der Waals surface area contributed by atoms with Gasteiger partial charge in [0.05, 0.1) is 0 Å². The molecule has 0 aromatic carbocycles. The van der Waals surface area contributed by atoms with Gasteiger partial charge in [0.2, 0.25) is 0 Å². The van der Waals surface area contributed by atoms with Gasteiger partial charge in [-0.3, -0.25) is 0 Å². The average molecular weight is 279 g/mol. The van der Waals surface area contributed by atoms with Gasteiger partial charge < -0.3 is 0 Å². The van der Waals surface area contributed by atoms with E-state index in [1.165, 1.54) is 89.9 Å². The molecule has 0 radical (unpaired) electrons. The summed E-state index contributed by atoms with van der Waals surface area (Å²) >= 11 is 0. The van der Waals surface area contributed by atoms with Gasteiger partial charge >= 0.3 is 0 Å². The van der Waals surface area contributed by atoms with E-state index in [0.717, 1.165) is 11.8 Å². The van der Waals surface area contributed by atoms with E-state index in [4.69, 9.17) is 0 Å². The number of hydrogen-bond acceptors (Lipinski definition) is 0. The highest BCUT2D eigenvalue weighted by molar-refractivity contribution is 4.73. The van der Waals surface area contributed by atoms with Crippen LogP contribution in [0.2, 0.25) is 0 Å². The molecule has 2 saturated carbocycles. The number of rotatable bonds is 1. The second-order valence-corrected chi connectivity index (χ2v) is 7.62. The molecule has 0 heteroatoms. The first-order chi connectivity index (χ1) is 9.97. The van der Waals surface area contributed by atoms with Crippen LogP contribution in [0.25, 0.3) is 0 Å². The largest absolute Gasteiger partial charge is 0.0533 e. The predicted molar refractivity (Wildman–Crippen MR) is 90.1 cm³/mol. The van der Waals surface area contributed by atoms with Crippen molar-refractivity contribution in [2.24, 2.45) is 11.8 Å². The molecule has 2 fully saturated rings. The first kappa shape index (κ1) is 16.4. The third-order valence-corrected chi connectivity index (χ3v) is 5.97. The van der Waals surface area contributed by atoms with E-state index < -0.39 is 0 Å². The van der Waals surface area contributed by atoms with Crippen LogP contribution < -0.4 is 0 Å². The Bertz CT molecular complexity index is 176. The third-order valence-electron chi connectivity index (χ3n) is 5.97. The summed E-state index contributed by atoms with van der Waals surface area (Å²) < 4.78 is 0. The van der Waals surface area contributed by atoms with Crippen molar-refractivity contribution in [1.29, 1.82) is 0 Å². The molecule has 0 aromatic heterocycles. The van der Waals surface area contributed by atoms with Gasteiger partial charge in [0, 0.05) is 0 Å². The second-order valence-electron chi connectivity index (χ2n) is 7.62. The summed E-state index contributed by atoms with van der Waals surface area (Å²) in [5.74, 6) is 2.18. The molecule has 2 aliphatic carbocycles. The lowest BCUT2D eigenvalue weighted by molar-refractivity contribution is 0.230. The molecule has 20 heavy (non-hydrogen) atoms. The summed E-state index contributed by atoms with van der Waals surface area (Å²) in [7, 11) is 0. The molecule has 2 rings (SSSR count). The van der Waals surface area contributed by atoms with Crippen LogP contribution in [0.5, 0.6) is 0 Å². The van der Waals surface area contributed by atoms with Crippen molar-refractivity contribution in [2.45, 2.75) is 116 Å². The van der Waals surface area contributed by atoms with Crippen molar-refractivity contribution in [1.82, 2.24) is 0 Å². The Kier molecular flexibility index (Phi) is 8.75. The van der Waals surface area contributed by atoms with Crippen LogP contribution in [0.1, 0.15) is 116 Å². The summed E-state index contributed by atoms with van der Waals surface area (Å²) in [6, 6.07) is 0. The maximum atomic E-state index is 1.56. The first-order valence-electron chi connectivity index (χ1n) is 9.97. The Balaban J connectivity index is 1.81. The van der Waals surface area contributed by atoms with Crippen LogP contribution in [0.4, 0.5) is 0 Å². The van der Waals surface area contributed by atoms with Gasteiger partial charge in [-0.15, -0.1) is 0 Å². The minimum Gasteiger partial charge on any atom is -0.0533 e. The maximum Gasteiger partial charge on any atom is -0.0386 e. The fraction of sp³-hybridized carbons (Fsp3) is 1.00. The van der Waals surface area contributed by atoms with E-state index >= 15 is 0 Å². The lowest BCUT2D eigenvalue weighted by atomic mass is 9.77. The molecule has 0 bridgehead atoms. The molecule has 0 heterocycles. The fourth-order valence-electron chi connectivity index (χ4n) is 4.63. The van der Waals surface area contributed by atoms with Crippen LogP contribution in [-0.4, -0.2) is 0 Å². The molecule has 0 nitrogen and oxygen atoms in total. The smallest absolute Gasteiger partial charge is 0.0386 e. The van der Waals surface area contributed by atoms with Crippen LogP contribution in [0.3, 0.4) is 0 Å². The minimum absolute atomic E-state index is 1.09. The van der Waals surface area contributed by atoms with Gasteiger partial charge in [0.25, 0.3) is 0 Å². The molecular formula is C20H38. The van der Waals surface area contributed by atoms with Gasteiger partial charge in [-0.2, -0.15) is 0 Å². The van der Waals surface area contributed by atoms with Crippen molar-refractivity contribution in [3.05, 3.63) is 0 Å². The Morgan fingerprint density at radius 2 is 0.450 bits per heavy atom. The molecule has 0 spiro atoms. The highest BCUT2D eigenvalue weighted by atomic mass is 14.3. The normalized spacial score (nSPS) is 27.0. The molecule has 0 atom stereocenters. The SMILES string of the molecule is C1CCCCC(C2CCCCCCCCC2)CCCC1. The number of hydrogen-bond donors (Lipinski definition) is 0. The summed E-state index contributed by atoms with van der Waals surface area (Å²) in [5.41, 5.74) is 0. The van der Waals surface area contributed by atoms with Gasteiger partial charge in [-0.05, 0) is 11.8 Å². The summed E-state index contributed by atoms with van der Waals surface area (Å²) in [4.78, 5) is 0. The summed E-state index contributed by atoms with van der Waals surface area (Å²) in [6.45, 7) is 0. The van der Waals surface area contributed by atoms with Crippen molar-refractivity contribution < 1.29 is 0 Å². The Labute approximate surface area is 128 Å². The van der Waals surface area contributed by atoms with Gasteiger partial charge in [0.1, 0.15) is 0 Å².